The van der Waals surface area contributed by atoms with Gasteiger partial charge in [-0.1, -0.05) is 0 Å². The van der Waals surface area contributed by atoms with Gasteiger partial charge in [0.15, 0.2) is 18.2 Å². The van der Waals surface area contributed by atoms with Gasteiger partial charge in [-0.2, -0.15) is 0 Å². The molecule has 0 spiro atoms. The minimum absolute atomic E-state index is 0.000191. The number of benzene rings is 3. The van der Waals surface area contributed by atoms with Crippen LogP contribution >= 0.6 is 0 Å². The standard InChI is InChI=1S/C28H26O6/c1-5-32-22-12-6-19(7-13-22)24(29)16-33-28-26(30)23-14-17(2)18(3)15-25(23)34-27(28)20-8-10-21(31-4)11-9-20/h6-15H,5,16H2,1-4H3. The Kier molecular flexibility index (Phi) is 6.68. The van der Waals surface area contributed by atoms with Crippen molar-refractivity contribution in [2.24, 2.45) is 0 Å². The molecule has 0 saturated carbocycles. The van der Waals surface area contributed by atoms with E-state index in [9.17, 15) is 9.59 Å². The number of methoxy groups -OCH3 is 1. The average molecular weight is 459 g/mol. The van der Waals surface area contributed by atoms with E-state index < -0.39 is 0 Å². The average Bonchev–Trinajstić information content (AvgIpc) is 2.85. The van der Waals surface area contributed by atoms with Gasteiger partial charge >= 0.3 is 0 Å². The Morgan fingerprint density at radius 3 is 2.18 bits per heavy atom. The number of ether oxygens (including phenoxy) is 3. The van der Waals surface area contributed by atoms with Gasteiger partial charge in [0.05, 0.1) is 19.1 Å². The number of carbonyl (C=O) groups is 1. The monoisotopic (exact) mass is 458 g/mol. The summed E-state index contributed by atoms with van der Waals surface area (Å²) >= 11 is 0. The zero-order valence-corrected chi connectivity index (χ0v) is 19.6. The van der Waals surface area contributed by atoms with Crippen molar-refractivity contribution >= 4 is 16.8 Å². The van der Waals surface area contributed by atoms with E-state index in [4.69, 9.17) is 18.6 Å². The zero-order valence-electron chi connectivity index (χ0n) is 19.6. The van der Waals surface area contributed by atoms with E-state index in [1.807, 2.05) is 26.8 Å². The SMILES string of the molecule is CCOc1ccc(C(=O)COc2c(-c3ccc(OC)cc3)oc3cc(C)c(C)cc3c2=O)cc1. The highest BCUT2D eigenvalue weighted by Gasteiger charge is 2.20. The first-order valence-electron chi connectivity index (χ1n) is 11.0. The summed E-state index contributed by atoms with van der Waals surface area (Å²) in [5.41, 5.74) is 3.22. The largest absolute Gasteiger partial charge is 0.497 e. The molecule has 0 aliphatic carbocycles. The Bertz CT molecular complexity index is 1380. The van der Waals surface area contributed by atoms with Gasteiger partial charge in [-0.05, 0) is 92.6 Å². The number of rotatable bonds is 8. The Morgan fingerprint density at radius 1 is 0.882 bits per heavy atom. The van der Waals surface area contributed by atoms with Crippen molar-refractivity contribution in [1.82, 2.24) is 0 Å². The summed E-state index contributed by atoms with van der Waals surface area (Å²) in [6.07, 6.45) is 0. The molecular formula is C28H26O6. The molecule has 6 nitrogen and oxygen atoms in total. The summed E-state index contributed by atoms with van der Waals surface area (Å²) in [5.74, 6) is 1.36. The van der Waals surface area contributed by atoms with Crippen LogP contribution in [0.2, 0.25) is 0 Å². The van der Waals surface area contributed by atoms with Crippen molar-refractivity contribution < 1.29 is 23.4 Å². The number of hydrogen-bond acceptors (Lipinski definition) is 6. The van der Waals surface area contributed by atoms with E-state index in [1.54, 1.807) is 61.7 Å². The smallest absolute Gasteiger partial charge is 0.235 e. The molecule has 0 unspecified atom stereocenters. The minimum Gasteiger partial charge on any atom is -0.497 e. The topological polar surface area (TPSA) is 75.0 Å². The molecule has 1 aromatic heterocycles. The molecule has 0 saturated heterocycles. The van der Waals surface area contributed by atoms with Crippen LogP contribution in [0.25, 0.3) is 22.3 Å². The Labute approximate surface area is 197 Å². The second-order valence-electron chi connectivity index (χ2n) is 7.92. The normalized spacial score (nSPS) is 10.8. The number of Topliss-reactive ketones (excluding diaryl/α,β-unsaturated/α-hetero) is 1. The third kappa shape index (κ3) is 4.66. The second-order valence-corrected chi connectivity index (χ2v) is 7.92. The van der Waals surface area contributed by atoms with Crippen LogP contribution in [0.3, 0.4) is 0 Å². The van der Waals surface area contributed by atoms with E-state index in [1.165, 1.54) is 0 Å². The molecule has 34 heavy (non-hydrogen) atoms. The molecule has 0 radical (unpaired) electrons. The van der Waals surface area contributed by atoms with Crippen molar-refractivity contribution in [3.63, 3.8) is 0 Å². The van der Waals surface area contributed by atoms with Gasteiger partial charge in [0.1, 0.15) is 17.1 Å². The maximum absolute atomic E-state index is 13.4. The molecule has 0 fully saturated rings. The fourth-order valence-electron chi connectivity index (χ4n) is 3.62. The lowest BCUT2D eigenvalue weighted by molar-refractivity contribution is 0.0920. The van der Waals surface area contributed by atoms with Crippen molar-refractivity contribution in [2.45, 2.75) is 20.8 Å². The number of fused-ring (bicyclic) bond motifs is 1. The quantitative estimate of drug-likeness (QED) is 0.313. The van der Waals surface area contributed by atoms with Crippen LogP contribution in [0.4, 0.5) is 0 Å². The van der Waals surface area contributed by atoms with Crippen LogP contribution in [0.1, 0.15) is 28.4 Å². The van der Waals surface area contributed by atoms with E-state index in [-0.39, 0.29) is 29.3 Å². The fraction of sp³-hybridized carbons (Fsp3) is 0.214. The maximum Gasteiger partial charge on any atom is 0.235 e. The highest BCUT2D eigenvalue weighted by Crippen LogP contribution is 2.33. The van der Waals surface area contributed by atoms with Gasteiger partial charge in [-0.25, -0.2) is 0 Å². The number of ketones is 1. The molecule has 3 aromatic carbocycles. The predicted octanol–water partition coefficient (Wildman–Crippen LogP) is 5.75. The molecule has 4 rings (SSSR count). The third-order valence-corrected chi connectivity index (χ3v) is 5.65. The van der Waals surface area contributed by atoms with E-state index in [0.29, 0.717) is 40.2 Å². The van der Waals surface area contributed by atoms with Crippen LogP contribution in [0.15, 0.2) is 69.9 Å². The summed E-state index contributed by atoms with van der Waals surface area (Å²) in [5, 5.41) is 0.406. The molecular weight excluding hydrogens is 432 g/mol. The van der Waals surface area contributed by atoms with Gasteiger partial charge < -0.3 is 18.6 Å². The van der Waals surface area contributed by atoms with Gasteiger partial charge in [0.2, 0.25) is 11.2 Å². The molecule has 1 heterocycles. The first-order valence-corrected chi connectivity index (χ1v) is 11.0. The first kappa shape index (κ1) is 23.1. The maximum atomic E-state index is 13.4. The van der Waals surface area contributed by atoms with Crippen molar-refractivity contribution in [3.8, 4) is 28.6 Å². The highest BCUT2D eigenvalue weighted by atomic mass is 16.5. The van der Waals surface area contributed by atoms with Gasteiger partial charge in [0.25, 0.3) is 0 Å². The number of hydrogen-bond donors (Lipinski definition) is 0. The van der Waals surface area contributed by atoms with E-state index in [2.05, 4.69) is 0 Å². The molecule has 174 valence electrons. The lowest BCUT2D eigenvalue weighted by Crippen LogP contribution is -2.17. The molecule has 4 aromatic rings. The van der Waals surface area contributed by atoms with Gasteiger partial charge in [-0.3, -0.25) is 9.59 Å². The van der Waals surface area contributed by atoms with Crippen LogP contribution in [0, 0.1) is 13.8 Å². The van der Waals surface area contributed by atoms with Crippen LogP contribution < -0.4 is 19.6 Å². The van der Waals surface area contributed by atoms with Gasteiger partial charge in [0, 0.05) is 11.1 Å². The molecule has 0 N–H and O–H groups in total. The predicted molar refractivity (Wildman–Crippen MR) is 131 cm³/mol. The fourth-order valence-corrected chi connectivity index (χ4v) is 3.62. The zero-order chi connectivity index (χ0) is 24.2. The lowest BCUT2D eigenvalue weighted by Gasteiger charge is -2.13. The minimum atomic E-state index is -0.324. The van der Waals surface area contributed by atoms with Gasteiger partial charge in [-0.15, -0.1) is 0 Å². The summed E-state index contributed by atoms with van der Waals surface area (Å²) in [6.45, 7) is 6.02. The van der Waals surface area contributed by atoms with Crippen LogP contribution in [0.5, 0.6) is 17.2 Å². The molecule has 0 atom stereocenters. The summed E-state index contributed by atoms with van der Waals surface area (Å²) in [4.78, 5) is 26.2. The number of aryl methyl sites for hydroxylation is 2. The summed E-state index contributed by atoms with van der Waals surface area (Å²) < 4.78 is 22.6. The highest BCUT2D eigenvalue weighted by molar-refractivity contribution is 5.97. The van der Waals surface area contributed by atoms with E-state index >= 15 is 0 Å². The van der Waals surface area contributed by atoms with E-state index in [0.717, 1.165) is 11.1 Å². The number of carbonyl (C=O) groups excluding carboxylic acids is 1. The lowest BCUT2D eigenvalue weighted by atomic mass is 10.0. The molecule has 0 bridgehead atoms. The molecule has 0 amide bonds. The van der Waals surface area contributed by atoms with Crippen molar-refractivity contribution in [2.75, 3.05) is 20.3 Å². The second kappa shape index (κ2) is 9.83. The first-order chi connectivity index (χ1) is 16.4. The van der Waals surface area contributed by atoms with Crippen molar-refractivity contribution in [3.05, 3.63) is 87.6 Å². The van der Waals surface area contributed by atoms with Crippen LogP contribution in [-0.2, 0) is 0 Å². The molecule has 6 heteroatoms. The Morgan fingerprint density at radius 2 is 1.53 bits per heavy atom. The Balaban J connectivity index is 1.73. The molecule has 0 aliphatic rings. The third-order valence-electron chi connectivity index (χ3n) is 5.65. The summed E-state index contributed by atoms with van der Waals surface area (Å²) in [6, 6.07) is 17.6. The molecule has 0 aliphatic heterocycles. The Hall–Kier alpha value is -4.06. The van der Waals surface area contributed by atoms with Crippen LogP contribution in [-0.4, -0.2) is 26.1 Å². The summed E-state index contributed by atoms with van der Waals surface area (Å²) in [7, 11) is 1.58. The van der Waals surface area contributed by atoms with Crippen molar-refractivity contribution in [1.29, 1.82) is 0 Å².